The van der Waals surface area contributed by atoms with Gasteiger partial charge in [0.1, 0.15) is 5.75 Å². The average Bonchev–Trinajstić information content (AvgIpc) is 2.72. The highest BCUT2D eigenvalue weighted by Gasteiger charge is 2.20. The summed E-state index contributed by atoms with van der Waals surface area (Å²) in [6, 6.07) is 11.4. The van der Waals surface area contributed by atoms with E-state index in [0.29, 0.717) is 34.4 Å². The summed E-state index contributed by atoms with van der Waals surface area (Å²) in [5.74, 6) is 0.169. The lowest BCUT2D eigenvalue weighted by molar-refractivity contribution is -0.137. The topological polar surface area (TPSA) is 94.1 Å². The van der Waals surface area contributed by atoms with Crippen molar-refractivity contribution in [1.29, 1.82) is 0 Å². The van der Waals surface area contributed by atoms with Crippen molar-refractivity contribution < 1.29 is 28.9 Å². The molecule has 1 atom stereocenters. The van der Waals surface area contributed by atoms with Crippen LogP contribution in [0.5, 0.6) is 17.2 Å². The number of halogens is 1. The van der Waals surface area contributed by atoms with Gasteiger partial charge >= 0.3 is 5.97 Å². The maximum atomic E-state index is 12.4. The molecule has 30 heavy (non-hydrogen) atoms. The Bertz CT molecular complexity index is 857. The molecule has 0 fully saturated rings. The van der Waals surface area contributed by atoms with Crippen molar-refractivity contribution in [3.05, 3.63) is 53.1 Å². The number of methoxy groups -OCH3 is 1. The largest absolute Gasteiger partial charge is 0.493 e. The molecular weight excluding hydrogens is 410 g/mol. The van der Waals surface area contributed by atoms with E-state index >= 15 is 0 Å². The number of ether oxygens (including phenoxy) is 3. The van der Waals surface area contributed by atoms with Crippen molar-refractivity contribution >= 4 is 23.5 Å². The van der Waals surface area contributed by atoms with E-state index in [1.165, 1.54) is 7.11 Å². The number of rotatable bonds is 12. The summed E-state index contributed by atoms with van der Waals surface area (Å²) in [4.78, 5) is 23.7. The fraction of sp³-hybridized carbons (Fsp3) is 0.364. The number of benzene rings is 2. The van der Waals surface area contributed by atoms with Crippen LogP contribution < -0.4 is 19.5 Å². The van der Waals surface area contributed by atoms with Gasteiger partial charge in [0.25, 0.3) is 0 Å². The Kier molecular flexibility index (Phi) is 9.28. The van der Waals surface area contributed by atoms with Crippen molar-refractivity contribution in [3.8, 4) is 17.2 Å². The van der Waals surface area contributed by atoms with Crippen LogP contribution in [0.15, 0.2) is 42.5 Å². The molecule has 7 nitrogen and oxygen atoms in total. The van der Waals surface area contributed by atoms with E-state index in [4.69, 9.17) is 25.8 Å². The van der Waals surface area contributed by atoms with E-state index in [1.54, 1.807) is 42.5 Å². The van der Waals surface area contributed by atoms with Gasteiger partial charge in [0.05, 0.1) is 44.2 Å². The van der Waals surface area contributed by atoms with Crippen LogP contribution in [0.3, 0.4) is 0 Å². The van der Waals surface area contributed by atoms with Gasteiger partial charge in [-0.15, -0.1) is 0 Å². The van der Waals surface area contributed by atoms with Crippen LogP contribution in [0.4, 0.5) is 0 Å². The molecule has 0 aliphatic rings. The predicted molar refractivity (Wildman–Crippen MR) is 113 cm³/mol. The van der Waals surface area contributed by atoms with Gasteiger partial charge < -0.3 is 24.6 Å². The molecule has 0 saturated heterocycles. The van der Waals surface area contributed by atoms with Crippen LogP contribution in [-0.4, -0.2) is 37.3 Å². The van der Waals surface area contributed by atoms with Gasteiger partial charge in [0.2, 0.25) is 5.91 Å². The van der Waals surface area contributed by atoms with Crippen LogP contribution in [0.25, 0.3) is 0 Å². The fourth-order valence-electron chi connectivity index (χ4n) is 2.74. The zero-order chi connectivity index (χ0) is 21.9. The molecule has 8 heteroatoms. The molecule has 2 aromatic carbocycles. The number of hydrogen-bond donors (Lipinski definition) is 2. The number of amides is 1. The van der Waals surface area contributed by atoms with E-state index in [9.17, 15) is 14.7 Å². The van der Waals surface area contributed by atoms with Crippen LogP contribution in [0.1, 0.15) is 37.8 Å². The zero-order valence-electron chi connectivity index (χ0n) is 17.0. The van der Waals surface area contributed by atoms with Crippen LogP contribution in [0, 0.1) is 0 Å². The smallest absolute Gasteiger partial charge is 0.305 e. The Balaban J connectivity index is 2.03. The lowest BCUT2D eigenvalue weighted by atomic mass is 10.0. The number of carboxylic acids is 1. The fourth-order valence-corrected chi connectivity index (χ4v) is 2.93. The highest BCUT2D eigenvalue weighted by molar-refractivity contribution is 6.32. The Morgan fingerprint density at radius 1 is 1.07 bits per heavy atom. The van der Waals surface area contributed by atoms with Gasteiger partial charge in [0, 0.05) is 0 Å². The molecule has 2 rings (SSSR count). The van der Waals surface area contributed by atoms with E-state index < -0.39 is 12.0 Å². The van der Waals surface area contributed by atoms with Gasteiger partial charge in [-0.05, 0) is 36.2 Å². The third-order valence-electron chi connectivity index (χ3n) is 4.19. The molecule has 2 N–H and O–H groups in total. The predicted octanol–water partition coefficient (Wildman–Crippen LogP) is 4.24. The molecule has 0 radical (unpaired) electrons. The molecule has 162 valence electrons. The van der Waals surface area contributed by atoms with Crippen molar-refractivity contribution in [3.63, 3.8) is 0 Å². The standard InChI is InChI=1S/C22H26ClNO6/c1-3-11-29-19-9-8-15(13-20(19)28-2)17(14-22(26)27)24-21(25)10-12-30-18-7-5-4-6-16(18)23/h4-9,13,17H,3,10-12,14H2,1-2H3,(H,24,25)(H,26,27). The van der Waals surface area contributed by atoms with Crippen molar-refractivity contribution in [1.82, 2.24) is 5.32 Å². The van der Waals surface area contributed by atoms with Crippen LogP contribution >= 0.6 is 11.6 Å². The molecule has 2 aromatic rings. The van der Waals surface area contributed by atoms with E-state index in [-0.39, 0.29) is 25.4 Å². The Labute approximate surface area is 180 Å². The molecule has 0 aliphatic carbocycles. The number of hydrogen-bond acceptors (Lipinski definition) is 5. The molecule has 0 aliphatic heterocycles. The monoisotopic (exact) mass is 435 g/mol. The number of para-hydroxylation sites is 1. The molecule has 0 saturated carbocycles. The molecule has 1 unspecified atom stereocenters. The maximum Gasteiger partial charge on any atom is 0.305 e. The van der Waals surface area contributed by atoms with Crippen molar-refractivity contribution in [2.45, 2.75) is 32.2 Å². The molecule has 0 bridgehead atoms. The second-order valence-corrected chi connectivity index (χ2v) is 6.91. The van der Waals surface area contributed by atoms with Crippen LogP contribution in [-0.2, 0) is 9.59 Å². The number of nitrogens with one attached hydrogen (secondary N) is 1. The third kappa shape index (κ3) is 7.15. The summed E-state index contributed by atoms with van der Waals surface area (Å²) in [6.07, 6.45) is 0.629. The quantitative estimate of drug-likeness (QED) is 0.518. The highest BCUT2D eigenvalue weighted by atomic mass is 35.5. The molecule has 0 heterocycles. The van der Waals surface area contributed by atoms with Gasteiger partial charge in [-0.1, -0.05) is 36.7 Å². The van der Waals surface area contributed by atoms with Crippen LogP contribution in [0.2, 0.25) is 5.02 Å². The SMILES string of the molecule is CCCOc1ccc(C(CC(=O)O)NC(=O)CCOc2ccccc2Cl)cc1OC. The first-order valence-electron chi connectivity index (χ1n) is 9.63. The van der Waals surface area contributed by atoms with E-state index in [0.717, 1.165) is 6.42 Å². The summed E-state index contributed by atoms with van der Waals surface area (Å²) >= 11 is 6.02. The first-order chi connectivity index (χ1) is 14.4. The van der Waals surface area contributed by atoms with Gasteiger partial charge in [-0.2, -0.15) is 0 Å². The zero-order valence-corrected chi connectivity index (χ0v) is 17.8. The number of aliphatic carboxylic acids is 1. The lowest BCUT2D eigenvalue weighted by Crippen LogP contribution is -2.31. The Hall–Kier alpha value is -2.93. The summed E-state index contributed by atoms with van der Waals surface area (Å²) in [5, 5.41) is 12.5. The maximum absolute atomic E-state index is 12.4. The molecule has 0 spiro atoms. The molecular formula is C22H26ClNO6. The third-order valence-corrected chi connectivity index (χ3v) is 4.50. The van der Waals surface area contributed by atoms with Crippen molar-refractivity contribution in [2.75, 3.05) is 20.3 Å². The lowest BCUT2D eigenvalue weighted by Gasteiger charge is -2.19. The molecule has 1 amide bonds. The Morgan fingerprint density at radius 2 is 1.80 bits per heavy atom. The van der Waals surface area contributed by atoms with Gasteiger partial charge in [-0.3, -0.25) is 9.59 Å². The summed E-state index contributed by atoms with van der Waals surface area (Å²) in [7, 11) is 1.51. The summed E-state index contributed by atoms with van der Waals surface area (Å²) < 4.78 is 16.5. The van der Waals surface area contributed by atoms with Gasteiger partial charge in [-0.25, -0.2) is 0 Å². The minimum absolute atomic E-state index is 0.0518. The number of carbonyl (C=O) groups excluding carboxylic acids is 1. The average molecular weight is 436 g/mol. The van der Waals surface area contributed by atoms with Crippen molar-refractivity contribution in [2.24, 2.45) is 0 Å². The minimum Gasteiger partial charge on any atom is -0.493 e. The number of carboxylic acid groups (broad SMARTS) is 1. The molecule has 0 aromatic heterocycles. The highest BCUT2D eigenvalue weighted by Crippen LogP contribution is 2.31. The minimum atomic E-state index is -1.03. The normalized spacial score (nSPS) is 11.4. The first-order valence-corrected chi connectivity index (χ1v) is 10.0. The summed E-state index contributed by atoms with van der Waals surface area (Å²) in [5.41, 5.74) is 0.610. The second-order valence-electron chi connectivity index (χ2n) is 6.51. The first kappa shape index (κ1) is 23.3. The van der Waals surface area contributed by atoms with Gasteiger partial charge in [0.15, 0.2) is 11.5 Å². The Morgan fingerprint density at radius 3 is 2.47 bits per heavy atom. The van der Waals surface area contributed by atoms with E-state index in [1.807, 2.05) is 6.92 Å². The second kappa shape index (κ2) is 11.9. The summed E-state index contributed by atoms with van der Waals surface area (Å²) in [6.45, 7) is 2.65. The number of carbonyl (C=O) groups is 2. The van der Waals surface area contributed by atoms with E-state index in [2.05, 4.69) is 5.32 Å².